The molecule has 15 heavy (non-hydrogen) atoms. The number of nitrogens with zero attached hydrogens (tertiary/aromatic N) is 1. The van der Waals surface area contributed by atoms with Gasteiger partial charge in [0.05, 0.1) is 6.42 Å². The number of hydrogen-bond acceptors (Lipinski definition) is 3. The number of carbonyl (C=O) groups excluding carboxylic acids is 1. The fraction of sp³-hybridized carbons (Fsp3) is 0.455. The van der Waals surface area contributed by atoms with Crippen LogP contribution in [0.4, 0.5) is 0 Å². The Balaban J connectivity index is 2.31. The van der Waals surface area contributed by atoms with Gasteiger partial charge in [0.2, 0.25) is 5.91 Å². The molecule has 0 aromatic carbocycles. The van der Waals surface area contributed by atoms with Gasteiger partial charge in [-0.1, -0.05) is 13.0 Å². The van der Waals surface area contributed by atoms with Crippen molar-refractivity contribution in [1.29, 1.82) is 0 Å². The third kappa shape index (κ3) is 4.56. The lowest BCUT2D eigenvalue weighted by molar-refractivity contribution is -0.120. The Morgan fingerprint density at radius 2 is 2.47 bits per heavy atom. The van der Waals surface area contributed by atoms with Crippen LogP contribution >= 0.6 is 0 Å². The first-order valence-electron chi connectivity index (χ1n) is 5.13. The summed E-state index contributed by atoms with van der Waals surface area (Å²) < 4.78 is 0. The molecule has 3 N–H and O–H groups in total. The van der Waals surface area contributed by atoms with Gasteiger partial charge in [-0.05, 0) is 18.1 Å². The van der Waals surface area contributed by atoms with Gasteiger partial charge in [-0.3, -0.25) is 9.78 Å². The molecule has 0 fully saturated rings. The molecule has 0 aliphatic carbocycles. The second kappa shape index (κ2) is 6.14. The molecule has 1 aromatic heterocycles. The van der Waals surface area contributed by atoms with Crippen LogP contribution in [-0.2, 0) is 11.2 Å². The third-order valence-electron chi connectivity index (χ3n) is 2.17. The van der Waals surface area contributed by atoms with Crippen molar-refractivity contribution in [3.8, 4) is 0 Å². The number of pyridine rings is 1. The Morgan fingerprint density at radius 1 is 1.67 bits per heavy atom. The second-order valence-corrected chi connectivity index (χ2v) is 3.51. The van der Waals surface area contributed by atoms with Crippen molar-refractivity contribution in [2.24, 2.45) is 5.73 Å². The molecule has 0 radical (unpaired) electrons. The van der Waals surface area contributed by atoms with Crippen molar-refractivity contribution in [3.63, 3.8) is 0 Å². The van der Waals surface area contributed by atoms with E-state index in [1.54, 1.807) is 12.4 Å². The quantitative estimate of drug-likeness (QED) is 0.737. The number of hydrogen-bond donors (Lipinski definition) is 2. The van der Waals surface area contributed by atoms with E-state index in [1.165, 1.54) is 0 Å². The molecule has 1 amide bonds. The largest absolute Gasteiger partial charge is 0.354 e. The molecular formula is C11H17N3O. The summed E-state index contributed by atoms with van der Waals surface area (Å²) in [7, 11) is 0. The van der Waals surface area contributed by atoms with Crippen LogP contribution in [-0.4, -0.2) is 23.5 Å². The van der Waals surface area contributed by atoms with E-state index in [-0.39, 0.29) is 11.9 Å². The van der Waals surface area contributed by atoms with Crippen molar-refractivity contribution in [2.75, 3.05) is 6.54 Å². The van der Waals surface area contributed by atoms with Gasteiger partial charge < -0.3 is 11.1 Å². The van der Waals surface area contributed by atoms with Crippen molar-refractivity contribution >= 4 is 5.91 Å². The predicted molar refractivity (Wildman–Crippen MR) is 59.2 cm³/mol. The van der Waals surface area contributed by atoms with Crippen LogP contribution in [0.5, 0.6) is 0 Å². The highest BCUT2D eigenvalue weighted by molar-refractivity contribution is 5.78. The first-order chi connectivity index (χ1) is 7.22. The number of nitrogens with one attached hydrogen (secondary N) is 1. The molecule has 0 aliphatic heterocycles. The topological polar surface area (TPSA) is 68.0 Å². The summed E-state index contributed by atoms with van der Waals surface area (Å²) in [5.74, 6) is -0.00750. The van der Waals surface area contributed by atoms with Crippen molar-refractivity contribution in [1.82, 2.24) is 10.3 Å². The number of aromatic nitrogens is 1. The van der Waals surface area contributed by atoms with E-state index in [9.17, 15) is 4.79 Å². The zero-order chi connectivity index (χ0) is 11.1. The summed E-state index contributed by atoms with van der Waals surface area (Å²) in [6, 6.07) is 3.75. The van der Waals surface area contributed by atoms with Gasteiger partial charge in [0, 0.05) is 25.0 Å². The zero-order valence-electron chi connectivity index (χ0n) is 8.94. The lowest BCUT2D eigenvalue weighted by atomic mass is 10.2. The highest BCUT2D eigenvalue weighted by Crippen LogP contribution is 1.96. The summed E-state index contributed by atoms with van der Waals surface area (Å²) in [6.45, 7) is 2.54. The van der Waals surface area contributed by atoms with E-state index in [0.29, 0.717) is 13.0 Å². The molecule has 82 valence electrons. The number of amides is 1. The summed E-state index contributed by atoms with van der Waals surface area (Å²) in [6.07, 6.45) is 4.62. The molecule has 0 saturated carbocycles. The van der Waals surface area contributed by atoms with Crippen molar-refractivity contribution < 1.29 is 4.79 Å². The minimum Gasteiger partial charge on any atom is -0.354 e. The number of nitrogens with two attached hydrogens (primary N) is 1. The SMILES string of the molecule is CCC(N)CNC(=O)Cc1cccnc1. The van der Waals surface area contributed by atoms with Crippen LogP contribution in [0, 0.1) is 0 Å². The van der Waals surface area contributed by atoms with Crippen LogP contribution < -0.4 is 11.1 Å². The van der Waals surface area contributed by atoms with Crippen LogP contribution in [0.1, 0.15) is 18.9 Å². The highest BCUT2D eigenvalue weighted by atomic mass is 16.1. The molecule has 0 aliphatic rings. The van der Waals surface area contributed by atoms with Crippen LogP contribution in [0.3, 0.4) is 0 Å². The number of rotatable bonds is 5. The monoisotopic (exact) mass is 207 g/mol. The lowest BCUT2D eigenvalue weighted by Gasteiger charge is -2.09. The molecule has 0 saturated heterocycles. The maximum Gasteiger partial charge on any atom is 0.224 e. The first kappa shape index (κ1) is 11.7. The van der Waals surface area contributed by atoms with E-state index in [4.69, 9.17) is 5.73 Å². The summed E-state index contributed by atoms with van der Waals surface area (Å²) in [4.78, 5) is 15.4. The maximum absolute atomic E-state index is 11.4. The van der Waals surface area contributed by atoms with Gasteiger partial charge >= 0.3 is 0 Å². The maximum atomic E-state index is 11.4. The molecule has 1 aromatic rings. The Labute approximate surface area is 89.9 Å². The Kier molecular flexibility index (Phi) is 4.77. The molecule has 4 heteroatoms. The minimum absolute atomic E-state index is 0.00750. The van der Waals surface area contributed by atoms with Crippen molar-refractivity contribution in [3.05, 3.63) is 30.1 Å². The third-order valence-corrected chi connectivity index (χ3v) is 2.17. The average Bonchev–Trinajstić information content (AvgIpc) is 2.27. The molecule has 1 unspecified atom stereocenters. The minimum atomic E-state index is -0.00750. The van der Waals surface area contributed by atoms with Crippen LogP contribution in [0.2, 0.25) is 0 Å². The second-order valence-electron chi connectivity index (χ2n) is 3.51. The fourth-order valence-corrected chi connectivity index (χ4v) is 1.14. The van der Waals surface area contributed by atoms with E-state index in [2.05, 4.69) is 10.3 Å². The van der Waals surface area contributed by atoms with Gasteiger partial charge in [-0.25, -0.2) is 0 Å². The summed E-state index contributed by atoms with van der Waals surface area (Å²) in [5, 5.41) is 2.79. The molecule has 1 atom stereocenters. The standard InChI is InChI=1S/C11H17N3O/c1-2-10(12)8-14-11(15)6-9-4-3-5-13-7-9/h3-5,7,10H,2,6,8,12H2,1H3,(H,14,15). The number of carbonyl (C=O) groups is 1. The summed E-state index contributed by atoms with van der Waals surface area (Å²) in [5.41, 5.74) is 6.60. The van der Waals surface area contributed by atoms with Gasteiger partial charge in [0.15, 0.2) is 0 Å². The Hall–Kier alpha value is -1.42. The summed E-state index contributed by atoms with van der Waals surface area (Å²) >= 11 is 0. The molecule has 0 bridgehead atoms. The molecule has 1 heterocycles. The molecule has 4 nitrogen and oxygen atoms in total. The Morgan fingerprint density at radius 3 is 3.07 bits per heavy atom. The van der Waals surface area contributed by atoms with E-state index in [1.807, 2.05) is 19.1 Å². The van der Waals surface area contributed by atoms with Crippen LogP contribution in [0.15, 0.2) is 24.5 Å². The van der Waals surface area contributed by atoms with E-state index >= 15 is 0 Å². The van der Waals surface area contributed by atoms with E-state index in [0.717, 1.165) is 12.0 Å². The van der Waals surface area contributed by atoms with Crippen molar-refractivity contribution in [2.45, 2.75) is 25.8 Å². The van der Waals surface area contributed by atoms with Crippen LogP contribution in [0.25, 0.3) is 0 Å². The average molecular weight is 207 g/mol. The predicted octanol–water partition coefficient (Wildman–Crippen LogP) is 0.478. The Bertz CT molecular complexity index is 300. The fourth-order valence-electron chi connectivity index (χ4n) is 1.14. The normalized spacial score (nSPS) is 12.1. The van der Waals surface area contributed by atoms with Gasteiger partial charge in [0.1, 0.15) is 0 Å². The molecule has 0 spiro atoms. The lowest BCUT2D eigenvalue weighted by Crippen LogP contribution is -2.37. The van der Waals surface area contributed by atoms with Gasteiger partial charge in [-0.15, -0.1) is 0 Å². The zero-order valence-corrected chi connectivity index (χ0v) is 8.94. The molecular weight excluding hydrogens is 190 g/mol. The molecule has 1 rings (SSSR count). The van der Waals surface area contributed by atoms with Gasteiger partial charge in [0.25, 0.3) is 0 Å². The highest BCUT2D eigenvalue weighted by Gasteiger charge is 2.04. The first-order valence-corrected chi connectivity index (χ1v) is 5.13. The van der Waals surface area contributed by atoms with E-state index < -0.39 is 0 Å². The van der Waals surface area contributed by atoms with Gasteiger partial charge in [-0.2, -0.15) is 0 Å². The smallest absolute Gasteiger partial charge is 0.224 e.